The molecule has 28 heavy (non-hydrogen) atoms. The van der Waals surface area contributed by atoms with Gasteiger partial charge in [-0.3, -0.25) is 4.57 Å². The van der Waals surface area contributed by atoms with Crippen LogP contribution >= 0.6 is 11.3 Å². The van der Waals surface area contributed by atoms with Crippen LogP contribution in [0.2, 0.25) is 0 Å². The number of aliphatic hydroxyl groups is 3. The number of thiophene rings is 1. The largest absolute Gasteiger partial charge is 0.394 e. The summed E-state index contributed by atoms with van der Waals surface area (Å²) >= 11 is 1.56. The van der Waals surface area contributed by atoms with Crippen LogP contribution in [0.4, 0.5) is 11.8 Å². The third-order valence-corrected chi connectivity index (χ3v) is 5.42. The number of nitrogens with zero attached hydrogens (tertiary/aromatic N) is 5. The molecule has 11 nitrogen and oxygen atoms in total. The first-order valence-corrected chi connectivity index (χ1v) is 9.34. The highest BCUT2D eigenvalue weighted by Crippen LogP contribution is 2.32. The number of imidazole rings is 1. The summed E-state index contributed by atoms with van der Waals surface area (Å²) in [7, 11) is 0. The van der Waals surface area contributed by atoms with Gasteiger partial charge in [0, 0.05) is 4.88 Å². The molecule has 6 N–H and O–H groups in total. The van der Waals surface area contributed by atoms with Gasteiger partial charge in [0.25, 0.3) is 0 Å². The van der Waals surface area contributed by atoms with E-state index in [0.717, 1.165) is 10.6 Å². The Morgan fingerprint density at radius 3 is 2.89 bits per heavy atom. The van der Waals surface area contributed by atoms with Crippen LogP contribution in [0.5, 0.6) is 0 Å². The van der Waals surface area contributed by atoms with Crippen molar-refractivity contribution in [2.24, 2.45) is 5.10 Å². The number of nitrogens with one attached hydrogen (secondary N) is 1. The van der Waals surface area contributed by atoms with Gasteiger partial charge in [0.2, 0.25) is 5.95 Å². The number of hydrogen-bond donors (Lipinski definition) is 5. The fraction of sp³-hybridized carbons (Fsp3) is 0.375. The molecule has 0 radical (unpaired) electrons. The maximum Gasteiger partial charge on any atom is 0.247 e. The van der Waals surface area contributed by atoms with E-state index in [1.165, 1.54) is 10.9 Å². The molecule has 3 aromatic heterocycles. The highest BCUT2D eigenvalue weighted by atomic mass is 32.1. The smallest absolute Gasteiger partial charge is 0.247 e. The van der Waals surface area contributed by atoms with E-state index < -0.39 is 31.1 Å². The lowest BCUT2D eigenvalue weighted by Gasteiger charge is -2.16. The molecule has 12 heteroatoms. The van der Waals surface area contributed by atoms with E-state index in [1.54, 1.807) is 11.3 Å². The zero-order chi connectivity index (χ0) is 19.8. The van der Waals surface area contributed by atoms with Crippen molar-refractivity contribution in [3.63, 3.8) is 0 Å². The first-order valence-electron chi connectivity index (χ1n) is 8.46. The first kappa shape index (κ1) is 18.7. The van der Waals surface area contributed by atoms with Crippen molar-refractivity contribution in [3.8, 4) is 0 Å². The third kappa shape index (κ3) is 3.21. The molecule has 1 aliphatic heterocycles. The number of anilines is 2. The molecule has 0 aromatic carbocycles. The Kier molecular flexibility index (Phi) is 4.95. The quantitative estimate of drug-likeness (QED) is 0.288. The summed E-state index contributed by atoms with van der Waals surface area (Å²) in [5.74, 6) is 0.274. The van der Waals surface area contributed by atoms with Crippen LogP contribution in [0.1, 0.15) is 18.0 Å². The van der Waals surface area contributed by atoms with E-state index in [0.29, 0.717) is 11.2 Å². The molecule has 4 rings (SSSR count). The molecule has 148 valence electrons. The van der Waals surface area contributed by atoms with Gasteiger partial charge >= 0.3 is 0 Å². The molecule has 1 saturated heterocycles. The fourth-order valence-corrected chi connectivity index (χ4v) is 3.63. The van der Waals surface area contributed by atoms with Crippen LogP contribution in [0.15, 0.2) is 28.9 Å². The summed E-state index contributed by atoms with van der Waals surface area (Å²) in [6.45, 7) is 1.42. The van der Waals surface area contributed by atoms with Crippen molar-refractivity contribution in [1.82, 2.24) is 19.5 Å². The summed E-state index contributed by atoms with van der Waals surface area (Å²) in [5.41, 5.74) is 10.1. The van der Waals surface area contributed by atoms with Crippen LogP contribution in [0, 0.1) is 0 Å². The average Bonchev–Trinajstić information content (AvgIpc) is 3.41. The summed E-state index contributed by atoms with van der Waals surface area (Å²) in [6.07, 6.45) is -2.99. The number of fused-ring (bicyclic) bond motifs is 1. The average molecular weight is 405 g/mol. The van der Waals surface area contributed by atoms with E-state index in [2.05, 4.69) is 25.5 Å². The lowest BCUT2D eigenvalue weighted by Crippen LogP contribution is -2.33. The van der Waals surface area contributed by atoms with Gasteiger partial charge in [0.1, 0.15) is 23.8 Å². The molecule has 0 amide bonds. The van der Waals surface area contributed by atoms with E-state index in [9.17, 15) is 15.3 Å². The molecule has 4 unspecified atom stereocenters. The second kappa shape index (κ2) is 7.41. The lowest BCUT2D eigenvalue weighted by molar-refractivity contribution is -0.0511. The Balaban J connectivity index is 1.66. The molecule has 0 saturated carbocycles. The summed E-state index contributed by atoms with van der Waals surface area (Å²) in [5, 5.41) is 35.7. The number of aromatic nitrogens is 4. The molecular formula is C16H19N7O4S. The maximum atomic E-state index is 10.3. The normalized spacial score (nSPS) is 25.5. The molecule has 0 spiro atoms. The first-order chi connectivity index (χ1) is 13.5. The van der Waals surface area contributed by atoms with E-state index in [4.69, 9.17) is 10.5 Å². The number of hydrazone groups is 1. The molecule has 4 heterocycles. The van der Waals surface area contributed by atoms with Crippen LogP contribution in [-0.2, 0) is 4.74 Å². The predicted octanol–water partition coefficient (Wildman–Crippen LogP) is -0.0824. The van der Waals surface area contributed by atoms with Crippen LogP contribution in [-0.4, -0.2) is 65.5 Å². The summed E-state index contributed by atoms with van der Waals surface area (Å²) in [4.78, 5) is 13.7. The van der Waals surface area contributed by atoms with Gasteiger partial charge in [-0.1, -0.05) is 6.07 Å². The minimum Gasteiger partial charge on any atom is -0.394 e. The van der Waals surface area contributed by atoms with E-state index in [1.807, 2.05) is 24.4 Å². The van der Waals surface area contributed by atoms with Crippen LogP contribution < -0.4 is 11.2 Å². The fourth-order valence-electron chi connectivity index (χ4n) is 2.96. The number of rotatable bonds is 5. The van der Waals surface area contributed by atoms with Crippen molar-refractivity contribution in [1.29, 1.82) is 0 Å². The lowest BCUT2D eigenvalue weighted by atomic mass is 10.1. The van der Waals surface area contributed by atoms with E-state index in [-0.39, 0.29) is 11.8 Å². The molecule has 1 aliphatic rings. The second-order valence-electron chi connectivity index (χ2n) is 6.27. The van der Waals surface area contributed by atoms with Gasteiger partial charge in [-0.2, -0.15) is 15.1 Å². The third-order valence-electron chi connectivity index (χ3n) is 4.44. The standard InChI is InChI=1S/C16H19N7O4S/c1-7(9-3-2-4-28-9)21-22-16-19-13(17)10-14(20-16)23(6-18-10)15-12(26)11(25)8(5-24)27-15/h2-4,6,8,11-12,15,24-26H,5H2,1H3,(H3,17,19,20,22)/b21-7+. The molecule has 3 aromatic rings. The van der Waals surface area contributed by atoms with Gasteiger partial charge in [-0.15, -0.1) is 11.3 Å². The summed E-state index contributed by atoms with van der Waals surface area (Å²) in [6, 6.07) is 3.87. The van der Waals surface area contributed by atoms with Gasteiger partial charge in [0.15, 0.2) is 17.7 Å². The Morgan fingerprint density at radius 2 is 2.21 bits per heavy atom. The highest BCUT2D eigenvalue weighted by Gasteiger charge is 2.44. The van der Waals surface area contributed by atoms with Crippen LogP contribution in [0.3, 0.4) is 0 Å². The zero-order valence-corrected chi connectivity index (χ0v) is 15.6. The Morgan fingerprint density at radius 1 is 1.39 bits per heavy atom. The number of ether oxygens (including phenoxy) is 1. The number of nitrogen functional groups attached to an aromatic ring is 1. The maximum absolute atomic E-state index is 10.3. The van der Waals surface area contributed by atoms with Crippen LogP contribution in [0.25, 0.3) is 11.2 Å². The molecular weight excluding hydrogens is 386 g/mol. The predicted molar refractivity (Wildman–Crippen MR) is 103 cm³/mol. The van der Waals surface area contributed by atoms with Gasteiger partial charge in [-0.05, 0) is 18.4 Å². The molecule has 0 bridgehead atoms. The monoisotopic (exact) mass is 405 g/mol. The molecule has 1 fully saturated rings. The Labute approximate surface area is 163 Å². The SMILES string of the molecule is C/C(=N\Nc1nc(N)c2ncn(C3OC(CO)C(O)C3O)c2n1)c1cccs1. The van der Waals surface area contributed by atoms with Crippen molar-refractivity contribution in [2.45, 2.75) is 31.5 Å². The van der Waals surface area contributed by atoms with Crippen molar-refractivity contribution >= 4 is 40.0 Å². The Hall–Kier alpha value is -2.64. The minimum atomic E-state index is -1.26. The summed E-state index contributed by atoms with van der Waals surface area (Å²) < 4.78 is 6.98. The second-order valence-corrected chi connectivity index (χ2v) is 7.22. The topological polar surface area (TPSA) is 164 Å². The van der Waals surface area contributed by atoms with Crippen molar-refractivity contribution in [3.05, 3.63) is 28.7 Å². The van der Waals surface area contributed by atoms with E-state index >= 15 is 0 Å². The number of aliphatic hydroxyl groups excluding tert-OH is 3. The molecule has 4 atom stereocenters. The van der Waals surface area contributed by atoms with Crippen molar-refractivity contribution < 1.29 is 20.1 Å². The number of hydrogen-bond acceptors (Lipinski definition) is 11. The number of nitrogens with two attached hydrogens (primary N) is 1. The van der Waals surface area contributed by atoms with Gasteiger partial charge in [0.05, 0.1) is 18.6 Å². The molecule has 0 aliphatic carbocycles. The Bertz CT molecular complexity index is 1010. The zero-order valence-electron chi connectivity index (χ0n) is 14.8. The minimum absolute atomic E-state index is 0.127. The van der Waals surface area contributed by atoms with Crippen molar-refractivity contribution in [2.75, 3.05) is 17.8 Å². The highest BCUT2D eigenvalue weighted by molar-refractivity contribution is 7.12. The van der Waals surface area contributed by atoms with Gasteiger partial charge < -0.3 is 25.8 Å². The van der Waals surface area contributed by atoms with Gasteiger partial charge in [-0.25, -0.2) is 10.4 Å².